The number of hydrogen-bond acceptors (Lipinski definition) is 5. The highest BCUT2D eigenvalue weighted by atomic mass is 16.5. The van der Waals surface area contributed by atoms with Gasteiger partial charge in [0.05, 0.1) is 26.0 Å². The van der Waals surface area contributed by atoms with E-state index in [4.69, 9.17) is 9.84 Å². The minimum atomic E-state index is 0.0514. The molecule has 7 heteroatoms. The number of hydrogen-bond donors (Lipinski definition) is 1. The van der Waals surface area contributed by atoms with Crippen LogP contribution in [0.5, 0.6) is 5.75 Å². The summed E-state index contributed by atoms with van der Waals surface area (Å²) in [6.45, 7) is 6.50. The predicted molar refractivity (Wildman–Crippen MR) is 98.2 cm³/mol. The smallest absolute Gasteiger partial charge is 0.254 e. The second-order valence-corrected chi connectivity index (χ2v) is 6.53. The Labute approximate surface area is 153 Å². The van der Waals surface area contributed by atoms with Gasteiger partial charge in [0.1, 0.15) is 5.75 Å². The van der Waals surface area contributed by atoms with Crippen molar-refractivity contribution < 1.29 is 14.6 Å². The summed E-state index contributed by atoms with van der Waals surface area (Å²) >= 11 is 0. The van der Waals surface area contributed by atoms with Gasteiger partial charge in [-0.25, -0.2) is 0 Å². The van der Waals surface area contributed by atoms with Gasteiger partial charge in [0.15, 0.2) is 0 Å². The van der Waals surface area contributed by atoms with Crippen LogP contribution in [-0.4, -0.2) is 70.5 Å². The van der Waals surface area contributed by atoms with Crippen molar-refractivity contribution >= 4 is 5.91 Å². The van der Waals surface area contributed by atoms with Crippen molar-refractivity contribution in [2.24, 2.45) is 0 Å². The average molecular weight is 358 g/mol. The van der Waals surface area contributed by atoms with E-state index >= 15 is 0 Å². The molecule has 0 unspecified atom stereocenters. The summed E-state index contributed by atoms with van der Waals surface area (Å²) in [4.78, 5) is 16.9. The number of methoxy groups -OCH3 is 1. The Kier molecular flexibility index (Phi) is 5.90. The van der Waals surface area contributed by atoms with Crippen molar-refractivity contribution in [3.8, 4) is 5.75 Å². The Bertz CT molecular complexity index is 751. The van der Waals surface area contributed by atoms with Crippen molar-refractivity contribution in [1.82, 2.24) is 19.6 Å². The first-order valence-corrected chi connectivity index (χ1v) is 8.90. The minimum Gasteiger partial charge on any atom is -0.497 e. The number of benzene rings is 1. The summed E-state index contributed by atoms with van der Waals surface area (Å²) < 4.78 is 6.99. The van der Waals surface area contributed by atoms with Crippen LogP contribution in [0.1, 0.15) is 21.6 Å². The molecule has 0 spiro atoms. The van der Waals surface area contributed by atoms with Crippen molar-refractivity contribution in [2.75, 3.05) is 39.9 Å². The number of aryl methyl sites for hydroxylation is 1. The monoisotopic (exact) mass is 358 g/mol. The molecule has 1 aliphatic heterocycles. The van der Waals surface area contributed by atoms with Crippen molar-refractivity contribution in [1.29, 1.82) is 0 Å². The fourth-order valence-electron chi connectivity index (χ4n) is 3.22. The van der Waals surface area contributed by atoms with Crippen LogP contribution >= 0.6 is 0 Å². The second-order valence-electron chi connectivity index (χ2n) is 6.53. The number of aromatic nitrogens is 2. The first kappa shape index (κ1) is 18.4. The molecule has 26 heavy (non-hydrogen) atoms. The number of piperazine rings is 1. The highest BCUT2D eigenvalue weighted by Crippen LogP contribution is 2.17. The molecule has 140 valence electrons. The van der Waals surface area contributed by atoms with E-state index in [9.17, 15) is 4.79 Å². The van der Waals surface area contributed by atoms with Crippen LogP contribution in [0.4, 0.5) is 0 Å². The van der Waals surface area contributed by atoms with Gasteiger partial charge in [-0.2, -0.15) is 5.10 Å². The first-order chi connectivity index (χ1) is 12.6. The molecule has 1 amide bonds. The minimum absolute atomic E-state index is 0.0514. The third-order valence-electron chi connectivity index (χ3n) is 4.75. The third-order valence-corrected chi connectivity index (χ3v) is 4.75. The van der Waals surface area contributed by atoms with E-state index in [1.54, 1.807) is 17.9 Å². The molecule has 2 heterocycles. The van der Waals surface area contributed by atoms with Crippen molar-refractivity contribution in [3.05, 3.63) is 47.3 Å². The Hall–Kier alpha value is -2.38. The highest BCUT2D eigenvalue weighted by molar-refractivity contribution is 5.94. The van der Waals surface area contributed by atoms with Gasteiger partial charge in [0.25, 0.3) is 5.91 Å². The van der Waals surface area contributed by atoms with Crippen LogP contribution in [0.15, 0.2) is 30.5 Å². The molecule has 2 aromatic rings. The second kappa shape index (κ2) is 8.33. The van der Waals surface area contributed by atoms with Crippen molar-refractivity contribution in [3.63, 3.8) is 0 Å². The van der Waals surface area contributed by atoms with Crippen LogP contribution in [0.3, 0.4) is 0 Å². The summed E-state index contributed by atoms with van der Waals surface area (Å²) in [6.07, 6.45) is 2.00. The molecule has 3 rings (SSSR count). The normalized spacial score (nSPS) is 15.3. The molecule has 1 fully saturated rings. The lowest BCUT2D eigenvalue weighted by Gasteiger charge is -2.34. The zero-order valence-electron chi connectivity index (χ0n) is 15.4. The zero-order valence-corrected chi connectivity index (χ0v) is 15.4. The average Bonchev–Trinajstić information content (AvgIpc) is 3.01. The molecule has 0 bridgehead atoms. The van der Waals surface area contributed by atoms with Gasteiger partial charge in [-0.15, -0.1) is 0 Å². The maximum atomic E-state index is 12.7. The van der Waals surface area contributed by atoms with Crippen LogP contribution in [-0.2, 0) is 13.1 Å². The van der Waals surface area contributed by atoms with E-state index in [1.165, 1.54) is 5.56 Å². The molecule has 1 aromatic carbocycles. The van der Waals surface area contributed by atoms with E-state index in [2.05, 4.69) is 10.00 Å². The standard InChI is InChI=1S/C19H26N4O3/c1-15-17(14-23(20-15)10-11-24)13-21-6-8-22(9-7-21)19(25)16-4-3-5-18(12-16)26-2/h3-5,12,14,24H,6-11,13H2,1-2H3. The topological polar surface area (TPSA) is 70.8 Å². The van der Waals surface area contributed by atoms with Crippen LogP contribution in [0.2, 0.25) is 0 Å². The largest absolute Gasteiger partial charge is 0.497 e. The number of aliphatic hydroxyl groups is 1. The number of rotatable bonds is 6. The molecule has 0 aliphatic carbocycles. The zero-order chi connectivity index (χ0) is 18.5. The van der Waals surface area contributed by atoms with Gasteiger partial charge < -0.3 is 14.7 Å². The summed E-state index contributed by atoms with van der Waals surface area (Å²) in [5.41, 5.74) is 2.83. The van der Waals surface area contributed by atoms with E-state index in [0.717, 1.165) is 25.3 Å². The predicted octanol–water partition coefficient (Wildman–Crippen LogP) is 1.15. The molecular weight excluding hydrogens is 332 g/mol. The number of amides is 1. The van der Waals surface area contributed by atoms with E-state index < -0.39 is 0 Å². The molecule has 1 aliphatic rings. The molecule has 0 radical (unpaired) electrons. The maximum Gasteiger partial charge on any atom is 0.254 e. The van der Waals surface area contributed by atoms with Gasteiger partial charge in [0.2, 0.25) is 0 Å². The third kappa shape index (κ3) is 4.23. The number of nitrogens with zero attached hydrogens (tertiary/aromatic N) is 4. The summed E-state index contributed by atoms with van der Waals surface area (Å²) in [7, 11) is 1.60. The first-order valence-electron chi connectivity index (χ1n) is 8.90. The van der Waals surface area contributed by atoms with Crippen LogP contribution in [0.25, 0.3) is 0 Å². The van der Waals surface area contributed by atoms with E-state index in [-0.39, 0.29) is 12.5 Å². The van der Waals surface area contributed by atoms with E-state index in [0.29, 0.717) is 30.9 Å². The number of ether oxygens (including phenoxy) is 1. The van der Waals surface area contributed by atoms with Gasteiger partial charge >= 0.3 is 0 Å². The van der Waals surface area contributed by atoms with E-state index in [1.807, 2.05) is 36.2 Å². The number of carbonyl (C=O) groups is 1. The maximum absolute atomic E-state index is 12.7. The number of aliphatic hydroxyl groups excluding tert-OH is 1. The van der Waals surface area contributed by atoms with Gasteiger partial charge in [-0.05, 0) is 25.1 Å². The molecule has 7 nitrogen and oxygen atoms in total. The molecule has 1 N–H and O–H groups in total. The highest BCUT2D eigenvalue weighted by Gasteiger charge is 2.23. The molecule has 0 atom stereocenters. The van der Waals surface area contributed by atoms with Gasteiger partial charge in [-0.1, -0.05) is 6.07 Å². The quantitative estimate of drug-likeness (QED) is 0.839. The van der Waals surface area contributed by atoms with Crippen LogP contribution < -0.4 is 4.74 Å². The fraction of sp³-hybridized carbons (Fsp3) is 0.474. The van der Waals surface area contributed by atoms with Gasteiger partial charge in [-0.3, -0.25) is 14.4 Å². The van der Waals surface area contributed by atoms with Gasteiger partial charge in [0, 0.05) is 50.0 Å². The lowest BCUT2D eigenvalue weighted by atomic mass is 10.1. The molecule has 1 aromatic heterocycles. The Morgan fingerprint density at radius 1 is 1.27 bits per heavy atom. The van der Waals surface area contributed by atoms with Crippen LogP contribution in [0, 0.1) is 6.92 Å². The lowest BCUT2D eigenvalue weighted by molar-refractivity contribution is 0.0628. The van der Waals surface area contributed by atoms with Crippen molar-refractivity contribution in [2.45, 2.75) is 20.0 Å². The lowest BCUT2D eigenvalue weighted by Crippen LogP contribution is -2.48. The molecule has 0 saturated carbocycles. The Morgan fingerprint density at radius 3 is 2.73 bits per heavy atom. The summed E-state index contributed by atoms with van der Waals surface area (Å²) in [6, 6.07) is 7.30. The number of carbonyl (C=O) groups excluding carboxylic acids is 1. The summed E-state index contributed by atoms with van der Waals surface area (Å²) in [5.74, 6) is 0.750. The fourth-order valence-corrected chi connectivity index (χ4v) is 3.22. The summed E-state index contributed by atoms with van der Waals surface area (Å²) in [5, 5.41) is 13.5. The molecular formula is C19H26N4O3. The SMILES string of the molecule is COc1cccc(C(=O)N2CCN(Cc3cn(CCO)nc3C)CC2)c1. The molecule has 1 saturated heterocycles. The Balaban J connectivity index is 1.56. The Morgan fingerprint density at radius 2 is 2.04 bits per heavy atom.